The maximum atomic E-state index is 11.8. The second kappa shape index (κ2) is 6.00. The Morgan fingerprint density at radius 1 is 1.62 bits per heavy atom. The molecule has 0 aromatic carbocycles. The summed E-state index contributed by atoms with van der Waals surface area (Å²) in [4.78, 5) is 11.8. The highest BCUT2D eigenvalue weighted by atomic mass is 79.9. The summed E-state index contributed by atoms with van der Waals surface area (Å²) >= 11 is 3.27. The van der Waals surface area contributed by atoms with Gasteiger partial charge in [0.25, 0.3) is 5.56 Å². The summed E-state index contributed by atoms with van der Waals surface area (Å²) in [5, 5.41) is 7.16. The lowest BCUT2D eigenvalue weighted by molar-refractivity contribution is 0.210. The number of aromatic nitrogens is 2. The number of nitrogens with zero attached hydrogens (tertiary/aromatic N) is 2. The van der Waals surface area contributed by atoms with E-state index in [4.69, 9.17) is 4.74 Å². The van der Waals surface area contributed by atoms with Gasteiger partial charge in [-0.2, -0.15) is 5.10 Å². The molecular weight excluding hydrogens is 274 g/mol. The molecule has 0 unspecified atom stereocenters. The van der Waals surface area contributed by atoms with E-state index in [0.29, 0.717) is 23.3 Å². The average Bonchev–Trinajstić information content (AvgIpc) is 2.24. The third-order valence-corrected chi connectivity index (χ3v) is 2.82. The van der Waals surface area contributed by atoms with E-state index in [2.05, 4.69) is 26.3 Å². The van der Waals surface area contributed by atoms with Gasteiger partial charge < -0.3 is 10.1 Å². The van der Waals surface area contributed by atoms with Crippen LogP contribution in [0.5, 0.6) is 0 Å². The molecule has 0 aliphatic heterocycles. The second-order valence-electron chi connectivity index (χ2n) is 3.64. The van der Waals surface area contributed by atoms with Crippen LogP contribution in [-0.4, -0.2) is 30.0 Å². The maximum Gasteiger partial charge on any atom is 0.283 e. The lowest BCUT2D eigenvalue weighted by Crippen LogP contribution is -2.26. The van der Waals surface area contributed by atoms with Crippen molar-refractivity contribution in [3.63, 3.8) is 0 Å². The van der Waals surface area contributed by atoms with E-state index >= 15 is 0 Å². The van der Waals surface area contributed by atoms with Gasteiger partial charge in [0.2, 0.25) is 0 Å². The molecule has 6 heteroatoms. The van der Waals surface area contributed by atoms with Gasteiger partial charge in [0.05, 0.1) is 24.5 Å². The van der Waals surface area contributed by atoms with Crippen molar-refractivity contribution in [2.24, 2.45) is 0 Å². The highest BCUT2D eigenvalue weighted by Crippen LogP contribution is 2.16. The number of nitrogens with one attached hydrogen (secondary N) is 1. The van der Waals surface area contributed by atoms with Gasteiger partial charge in [0.1, 0.15) is 4.47 Å². The minimum atomic E-state index is -0.127. The molecule has 0 aliphatic carbocycles. The first-order valence-corrected chi connectivity index (χ1v) is 5.87. The fourth-order valence-electron chi connectivity index (χ4n) is 1.22. The van der Waals surface area contributed by atoms with Crippen LogP contribution in [0, 0.1) is 0 Å². The quantitative estimate of drug-likeness (QED) is 0.838. The monoisotopic (exact) mass is 289 g/mol. The van der Waals surface area contributed by atoms with Crippen molar-refractivity contribution in [1.82, 2.24) is 9.78 Å². The molecule has 0 atom stereocenters. The number of methoxy groups -OCH3 is 1. The molecular formula is C10H16BrN3O2. The molecule has 0 bridgehead atoms. The Hall–Kier alpha value is -0.880. The van der Waals surface area contributed by atoms with Gasteiger partial charge in [-0.25, -0.2) is 4.68 Å². The number of hydrogen-bond acceptors (Lipinski definition) is 4. The van der Waals surface area contributed by atoms with E-state index in [0.717, 1.165) is 0 Å². The first-order chi connectivity index (χ1) is 7.57. The molecule has 1 aromatic heterocycles. The van der Waals surface area contributed by atoms with E-state index in [1.807, 2.05) is 13.8 Å². The minimum Gasteiger partial charge on any atom is -0.383 e. The number of anilines is 1. The molecule has 0 saturated carbocycles. The van der Waals surface area contributed by atoms with Gasteiger partial charge in [-0.05, 0) is 29.8 Å². The van der Waals surface area contributed by atoms with E-state index in [1.165, 1.54) is 4.68 Å². The molecule has 1 rings (SSSR count). The van der Waals surface area contributed by atoms with Crippen LogP contribution >= 0.6 is 15.9 Å². The lowest BCUT2D eigenvalue weighted by atomic mass is 10.4. The van der Waals surface area contributed by atoms with E-state index < -0.39 is 0 Å². The van der Waals surface area contributed by atoms with Gasteiger partial charge in [0, 0.05) is 13.7 Å². The van der Waals surface area contributed by atoms with Crippen molar-refractivity contribution in [3.8, 4) is 0 Å². The first-order valence-electron chi connectivity index (χ1n) is 5.08. The fraction of sp³-hybridized carbons (Fsp3) is 0.600. The smallest absolute Gasteiger partial charge is 0.283 e. The second-order valence-corrected chi connectivity index (χ2v) is 4.43. The maximum absolute atomic E-state index is 11.8. The van der Waals surface area contributed by atoms with Gasteiger partial charge >= 0.3 is 0 Å². The van der Waals surface area contributed by atoms with Crippen molar-refractivity contribution in [2.75, 3.05) is 25.6 Å². The zero-order valence-corrected chi connectivity index (χ0v) is 11.2. The third kappa shape index (κ3) is 3.05. The number of ether oxygens (including phenoxy) is 1. The standard InChI is InChI=1S/C10H16BrN3O2/c1-7(2)14-10(15)9(11)8(6-13-14)12-4-5-16-3/h6-7,12H,4-5H2,1-3H3. The number of rotatable bonds is 5. The van der Waals surface area contributed by atoms with Crippen LogP contribution < -0.4 is 10.9 Å². The molecule has 5 nitrogen and oxygen atoms in total. The summed E-state index contributed by atoms with van der Waals surface area (Å²) in [6.45, 7) is 5.05. The van der Waals surface area contributed by atoms with Gasteiger partial charge in [-0.1, -0.05) is 0 Å². The van der Waals surface area contributed by atoms with Crippen molar-refractivity contribution in [3.05, 3.63) is 21.0 Å². The Labute approximate surface area is 103 Å². The van der Waals surface area contributed by atoms with E-state index in [-0.39, 0.29) is 11.6 Å². The van der Waals surface area contributed by atoms with Gasteiger partial charge in [-0.3, -0.25) is 4.79 Å². The molecule has 0 fully saturated rings. The molecule has 0 saturated heterocycles. The van der Waals surface area contributed by atoms with Crippen molar-refractivity contribution < 1.29 is 4.74 Å². The predicted molar refractivity (Wildman–Crippen MR) is 66.9 cm³/mol. The highest BCUT2D eigenvalue weighted by Gasteiger charge is 2.09. The molecule has 1 aromatic rings. The molecule has 1 N–H and O–H groups in total. The zero-order valence-electron chi connectivity index (χ0n) is 9.66. The summed E-state index contributed by atoms with van der Waals surface area (Å²) in [7, 11) is 1.63. The number of hydrogen-bond donors (Lipinski definition) is 1. The van der Waals surface area contributed by atoms with E-state index in [1.54, 1.807) is 13.3 Å². The highest BCUT2D eigenvalue weighted by molar-refractivity contribution is 9.10. The van der Waals surface area contributed by atoms with Crippen LogP contribution in [0.2, 0.25) is 0 Å². The van der Waals surface area contributed by atoms with Crippen LogP contribution in [0.25, 0.3) is 0 Å². The summed E-state index contributed by atoms with van der Waals surface area (Å²) in [5.74, 6) is 0. The SMILES string of the molecule is COCCNc1cnn(C(C)C)c(=O)c1Br. The van der Waals surface area contributed by atoms with Crippen LogP contribution in [0.1, 0.15) is 19.9 Å². The predicted octanol–water partition coefficient (Wildman–Crippen LogP) is 1.65. The first kappa shape index (κ1) is 13.2. The van der Waals surface area contributed by atoms with Crippen LogP contribution in [0.3, 0.4) is 0 Å². The normalized spacial score (nSPS) is 10.8. The molecule has 16 heavy (non-hydrogen) atoms. The Kier molecular flexibility index (Phi) is 4.95. The van der Waals surface area contributed by atoms with Crippen molar-refractivity contribution in [2.45, 2.75) is 19.9 Å². The Balaban J connectivity index is 2.90. The van der Waals surface area contributed by atoms with Crippen LogP contribution in [0.15, 0.2) is 15.5 Å². The molecule has 0 radical (unpaired) electrons. The van der Waals surface area contributed by atoms with Crippen LogP contribution in [-0.2, 0) is 4.74 Å². The summed E-state index contributed by atoms with van der Waals surface area (Å²) in [5.41, 5.74) is 0.566. The van der Waals surface area contributed by atoms with Gasteiger partial charge in [-0.15, -0.1) is 0 Å². The van der Waals surface area contributed by atoms with Crippen LogP contribution in [0.4, 0.5) is 5.69 Å². The molecule has 1 heterocycles. The minimum absolute atomic E-state index is 0.0526. The largest absolute Gasteiger partial charge is 0.383 e. The number of halogens is 1. The van der Waals surface area contributed by atoms with Gasteiger partial charge in [0.15, 0.2) is 0 Å². The summed E-state index contributed by atoms with van der Waals surface area (Å²) in [6, 6.07) is 0.0526. The Morgan fingerprint density at radius 3 is 2.88 bits per heavy atom. The Bertz CT molecular complexity index is 404. The average molecular weight is 290 g/mol. The fourth-order valence-corrected chi connectivity index (χ4v) is 1.65. The summed E-state index contributed by atoms with van der Waals surface area (Å²) < 4.78 is 6.86. The molecule has 90 valence electrons. The summed E-state index contributed by atoms with van der Waals surface area (Å²) in [6.07, 6.45) is 1.64. The topological polar surface area (TPSA) is 56.1 Å². The van der Waals surface area contributed by atoms with E-state index in [9.17, 15) is 4.79 Å². The Morgan fingerprint density at radius 2 is 2.31 bits per heavy atom. The molecule has 0 amide bonds. The molecule has 0 aliphatic rings. The van der Waals surface area contributed by atoms with Crippen molar-refractivity contribution in [1.29, 1.82) is 0 Å². The zero-order chi connectivity index (χ0) is 12.1. The molecule has 0 spiro atoms. The van der Waals surface area contributed by atoms with Crippen molar-refractivity contribution >= 4 is 21.6 Å². The lowest BCUT2D eigenvalue weighted by Gasteiger charge is -2.12. The third-order valence-electron chi connectivity index (χ3n) is 2.05.